The van der Waals surface area contributed by atoms with Crippen LogP contribution in [0.15, 0.2) is 143 Å². The lowest BCUT2D eigenvalue weighted by Crippen LogP contribution is -2.15. The molecule has 1 aliphatic carbocycles. The van der Waals surface area contributed by atoms with Crippen molar-refractivity contribution < 1.29 is 8.42 Å². The van der Waals surface area contributed by atoms with Gasteiger partial charge in [-0.1, -0.05) is 117 Å². The minimum Gasteiger partial charge on any atom is -0.290 e. The summed E-state index contributed by atoms with van der Waals surface area (Å²) in [6.45, 7) is 4.64. The molecule has 0 atom stereocenters. The van der Waals surface area contributed by atoms with Gasteiger partial charge in [-0.3, -0.25) is 4.57 Å². The summed E-state index contributed by atoms with van der Waals surface area (Å²) in [5.74, 6) is 0.735. The lowest BCUT2D eigenvalue weighted by Gasteiger charge is -2.23. The van der Waals surface area contributed by atoms with Crippen LogP contribution in [0, 0.1) is 0 Å². The first-order valence-electron chi connectivity index (χ1n) is 15.9. The van der Waals surface area contributed by atoms with E-state index in [9.17, 15) is 8.42 Å². The van der Waals surface area contributed by atoms with Gasteiger partial charge in [-0.2, -0.15) is 0 Å². The van der Waals surface area contributed by atoms with E-state index in [1.165, 1.54) is 33.4 Å². The average Bonchev–Trinajstić information content (AvgIpc) is 3.59. The summed E-state index contributed by atoms with van der Waals surface area (Å²) in [6, 6.07) is 45.5. The molecule has 2 heterocycles. The smallest absolute Gasteiger partial charge is 0.210 e. The van der Waals surface area contributed by atoms with Crippen LogP contribution < -0.4 is 0 Å². The predicted octanol–water partition coefficient (Wildman–Crippen LogP) is 10.1. The zero-order valence-corrected chi connectivity index (χ0v) is 26.6. The Morgan fingerprint density at radius 2 is 1.17 bits per heavy atom. The fraction of sp³-hybridized carbons (Fsp3) is 0.0714. The van der Waals surface area contributed by atoms with Crippen molar-refractivity contribution in [3.8, 4) is 39.3 Å². The number of sulfone groups is 1. The Hall–Kier alpha value is -5.52. The summed E-state index contributed by atoms with van der Waals surface area (Å²) in [7, 11) is -3.70. The van der Waals surface area contributed by atoms with Gasteiger partial charge in [0.1, 0.15) is 5.82 Å². The summed E-state index contributed by atoms with van der Waals surface area (Å²) in [6.07, 6.45) is 0. The Labute approximate surface area is 272 Å². The number of para-hydroxylation sites is 2. The number of hydrogen-bond donors (Lipinski definition) is 0. The molecule has 0 unspecified atom stereocenters. The Bertz CT molecular complexity index is 2730. The Balaban J connectivity index is 1.32. The summed E-state index contributed by atoms with van der Waals surface area (Å²) >= 11 is 0. The molecule has 224 valence electrons. The highest BCUT2D eigenvalue weighted by Crippen LogP contribution is 2.52. The number of aromatic nitrogens is 2. The number of nitrogens with zero attached hydrogens (tertiary/aromatic N) is 2. The molecule has 0 saturated carbocycles. The first-order valence-corrected chi connectivity index (χ1v) is 17.4. The lowest BCUT2D eigenvalue weighted by molar-refractivity contribution is 0.594. The maximum atomic E-state index is 13.8. The first kappa shape index (κ1) is 26.7. The highest BCUT2D eigenvalue weighted by Gasteiger charge is 2.36. The summed E-state index contributed by atoms with van der Waals surface area (Å²) in [5, 5.41) is 4.41. The van der Waals surface area contributed by atoms with Crippen LogP contribution in [-0.4, -0.2) is 18.0 Å². The van der Waals surface area contributed by atoms with E-state index in [4.69, 9.17) is 4.98 Å². The predicted molar refractivity (Wildman–Crippen MR) is 190 cm³/mol. The summed E-state index contributed by atoms with van der Waals surface area (Å²) in [5.41, 5.74) is 10.5. The lowest BCUT2D eigenvalue weighted by atomic mass is 9.80. The van der Waals surface area contributed by atoms with Gasteiger partial charge in [-0.15, -0.1) is 0 Å². The number of imidazole rings is 1. The SMILES string of the molecule is CC1(C)c2ccccc2-c2ccc(-c3c4ccccc4c(-c4nc5cccc6c5n4-c4ccccc4S6(=O)=O)c4ccccc34)cc21. The second-order valence-electron chi connectivity index (χ2n) is 13.1. The van der Waals surface area contributed by atoms with Crippen LogP contribution in [0.5, 0.6) is 0 Å². The van der Waals surface area contributed by atoms with E-state index in [1.807, 2.05) is 18.2 Å². The van der Waals surface area contributed by atoms with E-state index in [0.29, 0.717) is 26.5 Å². The molecule has 2 aliphatic rings. The largest absolute Gasteiger partial charge is 0.290 e. The molecule has 0 fully saturated rings. The van der Waals surface area contributed by atoms with Gasteiger partial charge in [0, 0.05) is 11.0 Å². The van der Waals surface area contributed by atoms with Crippen molar-refractivity contribution in [1.29, 1.82) is 0 Å². The zero-order chi connectivity index (χ0) is 31.7. The van der Waals surface area contributed by atoms with Gasteiger partial charge in [-0.25, -0.2) is 13.4 Å². The van der Waals surface area contributed by atoms with E-state index < -0.39 is 9.84 Å². The van der Waals surface area contributed by atoms with Crippen molar-refractivity contribution in [3.05, 3.63) is 145 Å². The van der Waals surface area contributed by atoms with Crippen molar-refractivity contribution in [2.45, 2.75) is 29.1 Å². The fourth-order valence-electron chi connectivity index (χ4n) is 8.24. The molecular formula is C42H28N2O2S. The fourth-order valence-corrected chi connectivity index (χ4v) is 9.88. The van der Waals surface area contributed by atoms with Gasteiger partial charge >= 0.3 is 0 Å². The van der Waals surface area contributed by atoms with Crippen LogP contribution in [0.25, 0.3) is 71.9 Å². The van der Waals surface area contributed by atoms with Crippen LogP contribution in [-0.2, 0) is 15.3 Å². The first-order chi connectivity index (χ1) is 22.9. The molecule has 0 N–H and O–H groups in total. The van der Waals surface area contributed by atoms with Crippen LogP contribution in [0.4, 0.5) is 0 Å². The van der Waals surface area contributed by atoms with Gasteiger partial charge in [0.25, 0.3) is 0 Å². The molecular weight excluding hydrogens is 597 g/mol. The maximum Gasteiger partial charge on any atom is 0.210 e. The van der Waals surface area contributed by atoms with E-state index in [0.717, 1.165) is 32.9 Å². The van der Waals surface area contributed by atoms with Gasteiger partial charge in [0.2, 0.25) is 9.84 Å². The van der Waals surface area contributed by atoms with Gasteiger partial charge in [-0.05, 0) is 85.3 Å². The van der Waals surface area contributed by atoms with Gasteiger partial charge in [0.05, 0.1) is 26.5 Å². The molecule has 0 spiro atoms. The average molecular weight is 625 g/mol. The second-order valence-corrected chi connectivity index (χ2v) is 15.0. The molecule has 4 nitrogen and oxygen atoms in total. The minimum absolute atomic E-state index is 0.114. The second kappa shape index (κ2) is 9.05. The van der Waals surface area contributed by atoms with Crippen LogP contribution in [0.1, 0.15) is 25.0 Å². The molecule has 1 aromatic heterocycles. The monoisotopic (exact) mass is 624 g/mol. The summed E-state index contributed by atoms with van der Waals surface area (Å²) in [4.78, 5) is 5.80. The third kappa shape index (κ3) is 3.36. The number of fused-ring (bicyclic) bond motifs is 7. The zero-order valence-electron chi connectivity index (χ0n) is 25.8. The maximum absolute atomic E-state index is 13.8. The van der Waals surface area contributed by atoms with E-state index in [1.54, 1.807) is 24.3 Å². The van der Waals surface area contributed by atoms with Gasteiger partial charge in [0.15, 0.2) is 0 Å². The van der Waals surface area contributed by atoms with Crippen molar-refractivity contribution in [2.75, 3.05) is 0 Å². The highest BCUT2D eigenvalue weighted by atomic mass is 32.2. The minimum atomic E-state index is -3.70. The number of rotatable bonds is 2. The molecule has 0 saturated heterocycles. The molecule has 8 aromatic rings. The quantitative estimate of drug-likeness (QED) is 0.180. The third-order valence-corrected chi connectivity index (χ3v) is 12.2. The van der Waals surface area contributed by atoms with Crippen LogP contribution in [0.3, 0.4) is 0 Å². The van der Waals surface area contributed by atoms with E-state index >= 15 is 0 Å². The topological polar surface area (TPSA) is 52.0 Å². The molecule has 47 heavy (non-hydrogen) atoms. The number of benzene rings is 7. The van der Waals surface area contributed by atoms with Crippen molar-refractivity contribution in [2.24, 2.45) is 0 Å². The molecule has 1 aliphatic heterocycles. The Morgan fingerprint density at radius 1 is 0.574 bits per heavy atom. The van der Waals surface area contributed by atoms with E-state index in [-0.39, 0.29) is 5.41 Å². The number of hydrogen-bond acceptors (Lipinski definition) is 3. The highest BCUT2D eigenvalue weighted by molar-refractivity contribution is 7.92. The standard InChI is InChI=1S/C42H28N2O2S/c1-42(2)32-17-8-7-12-26(32)27-23-22-25(24-33(27)42)38-28-13-3-5-15-30(28)39(31-16-6-4-14-29(31)38)41-43-34-18-11-21-37-40(34)44(41)35-19-9-10-20-36(35)47(37,45)46/h3-24H,1-2H3. The molecule has 0 radical (unpaired) electrons. The Morgan fingerprint density at radius 3 is 1.91 bits per heavy atom. The van der Waals surface area contributed by atoms with Crippen LogP contribution in [0.2, 0.25) is 0 Å². The van der Waals surface area contributed by atoms with Crippen molar-refractivity contribution >= 4 is 42.4 Å². The van der Waals surface area contributed by atoms with Gasteiger partial charge < -0.3 is 0 Å². The third-order valence-electron chi connectivity index (χ3n) is 10.4. The van der Waals surface area contributed by atoms with Crippen molar-refractivity contribution in [1.82, 2.24) is 9.55 Å². The normalized spacial score (nSPS) is 15.1. The van der Waals surface area contributed by atoms with E-state index in [2.05, 4.69) is 109 Å². The van der Waals surface area contributed by atoms with Crippen LogP contribution >= 0.6 is 0 Å². The molecule has 7 aromatic carbocycles. The summed E-state index contributed by atoms with van der Waals surface area (Å²) < 4.78 is 29.7. The molecule has 5 heteroatoms. The Kier molecular flexibility index (Phi) is 5.14. The van der Waals surface area contributed by atoms with Crippen molar-refractivity contribution in [3.63, 3.8) is 0 Å². The molecule has 0 amide bonds. The molecule has 0 bridgehead atoms. The molecule has 10 rings (SSSR count).